The van der Waals surface area contributed by atoms with Gasteiger partial charge in [0, 0.05) is 12.6 Å². The Morgan fingerprint density at radius 1 is 1.41 bits per heavy atom. The summed E-state index contributed by atoms with van der Waals surface area (Å²) in [6, 6.07) is 1.44. The van der Waals surface area contributed by atoms with Gasteiger partial charge in [-0.3, -0.25) is 14.9 Å². The Hall–Kier alpha value is -1.58. The number of nitrogens with zero attached hydrogens (tertiary/aromatic N) is 1. The van der Waals surface area contributed by atoms with Gasteiger partial charge in [0.15, 0.2) is 5.82 Å². The van der Waals surface area contributed by atoms with Crippen LogP contribution in [-0.2, 0) is 14.3 Å². The van der Waals surface area contributed by atoms with E-state index in [0.717, 1.165) is 24.3 Å². The van der Waals surface area contributed by atoms with Crippen LogP contribution in [0.4, 0.5) is 5.82 Å². The minimum absolute atomic E-state index is 0.0739. The largest absolute Gasteiger partial charge is 0.394 e. The van der Waals surface area contributed by atoms with Gasteiger partial charge in [0.2, 0.25) is 0 Å². The van der Waals surface area contributed by atoms with Crippen LogP contribution in [0.2, 0.25) is 0 Å². The third kappa shape index (κ3) is 4.72. The molecule has 0 spiro atoms. The molecule has 1 aromatic rings. The van der Waals surface area contributed by atoms with E-state index < -0.39 is 17.4 Å². The number of carbonyl (C=O) groups excluding carboxylic acids is 2. The topological polar surface area (TPSA) is 114 Å². The summed E-state index contributed by atoms with van der Waals surface area (Å²) in [5.41, 5.74) is -0.516. The average molecular weight is 329 g/mol. The van der Waals surface area contributed by atoms with E-state index in [1.165, 1.54) is 12.3 Å². The zero-order chi connectivity index (χ0) is 15.8. The quantitative estimate of drug-likeness (QED) is 0.630. The van der Waals surface area contributed by atoms with Crippen LogP contribution in [0.25, 0.3) is 0 Å². The van der Waals surface area contributed by atoms with E-state index in [1.54, 1.807) is 0 Å². The number of hydrogen-bond donors (Lipinski definition) is 3. The van der Waals surface area contributed by atoms with Crippen molar-refractivity contribution < 1.29 is 24.0 Å². The molecule has 8 nitrogen and oxygen atoms in total. The fraction of sp³-hybridized carbons (Fsp3) is 0.615. The monoisotopic (exact) mass is 329 g/mol. The van der Waals surface area contributed by atoms with E-state index in [4.69, 9.17) is 9.84 Å². The summed E-state index contributed by atoms with van der Waals surface area (Å²) < 4.78 is 10.3. The van der Waals surface area contributed by atoms with Gasteiger partial charge in [-0.1, -0.05) is 5.16 Å². The summed E-state index contributed by atoms with van der Waals surface area (Å²) in [4.78, 5) is 23.5. The van der Waals surface area contributed by atoms with Crippen molar-refractivity contribution in [3.63, 3.8) is 0 Å². The molecule has 9 heteroatoms. The number of carbonyl (C=O) groups is 2. The first-order valence-corrected chi connectivity index (χ1v) is 8.13. The third-order valence-electron chi connectivity index (χ3n) is 3.36. The second-order valence-electron chi connectivity index (χ2n) is 4.89. The van der Waals surface area contributed by atoms with Crippen molar-refractivity contribution in [3.05, 3.63) is 12.3 Å². The molecule has 1 aliphatic rings. The fourth-order valence-corrected chi connectivity index (χ4v) is 3.39. The highest BCUT2D eigenvalue weighted by Gasteiger charge is 2.34. The second-order valence-corrected chi connectivity index (χ2v) is 6.11. The molecule has 0 unspecified atom stereocenters. The van der Waals surface area contributed by atoms with Crippen molar-refractivity contribution in [1.82, 2.24) is 10.5 Å². The maximum Gasteiger partial charge on any atom is 0.314 e. The van der Waals surface area contributed by atoms with Gasteiger partial charge in [-0.2, -0.15) is 11.8 Å². The smallest absolute Gasteiger partial charge is 0.314 e. The molecule has 0 aromatic carbocycles. The summed E-state index contributed by atoms with van der Waals surface area (Å²) >= 11 is 1.82. The van der Waals surface area contributed by atoms with Crippen LogP contribution in [-0.4, -0.2) is 58.9 Å². The van der Waals surface area contributed by atoms with Gasteiger partial charge in [-0.15, -0.1) is 0 Å². The van der Waals surface area contributed by atoms with Gasteiger partial charge in [0.25, 0.3) is 0 Å². The lowest BCUT2D eigenvalue weighted by molar-refractivity contribution is -0.137. The summed E-state index contributed by atoms with van der Waals surface area (Å²) in [6.07, 6.45) is 2.83. The zero-order valence-corrected chi connectivity index (χ0v) is 12.9. The number of amides is 2. The van der Waals surface area contributed by atoms with E-state index in [0.29, 0.717) is 0 Å². The van der Waals surface area contributed by atoms with E-state index in [1.807, 2.05) is 11.8 Å². The zero-order valence-electron chi connectivity index (χ0n) is 12.0. The summed E-state index contributed by atoms with van der Waals surface area (Å²) in [5.74, 6) is 0.462. The molecule has 22 heavy (non-hydrogen) atoms. The highest BCUT2D eigenvalue weighted by Crippen LogP contribution is 2.29. The van der Waals surface area contributed by atoms with Gasteiger partial charge < -0.3 is 19.7 Å². The van der Waals surface area contributed by atoms with Crippen LogP contribution in [0.15, 0.2) is 16.9 Å². The maximum absolute atomic E-state index is 11.8. The molecule has 0 saturated carbocycles. The molecular weight excluding hydrogens is 310 g/mol. The predicted molar refractivity (Wildman–Crippen MR) is 80.5 cm³/mol. The van der Waals surface area contributed by atoms with Crippen LogP contribution in [0, 0.1) is 0 Å². The molecule has 2 heterocycles. The number of ether oxygens (including phenoxy) is 1. The molecule has 1 aliphatic heterocycles. The molecule has 3 N–H and O–H groups in total. The molecule has 1 saturated heterocycles. The first-order chi connectivity index (χ1) is 10.7. The molecule has 1 aromatic heterocycles. The number of rotatable bonds is 6. The molecule has 2 amide bonds. The molecule has 122 valence electrons. The Balaban J connectivity index is 1.85. The van der Waals surface area contributed by atoms with Crippen molar-refractivity contribution in [2.24, 2.45) is 0 Å². The normalized spacial score (nSPS) is 17.0. The second kappa shape index (κ2) is 8.16. The molecular formula is C13H19N3O5S. The van der Waals surface area contributed by atoms with Gasteiger partial charge in [-0.05, 0) is 24.3 Å². The lowest BCUT2D eigenvalue weighted by Gasteiger charge is -2.36. The summed E-state index contributed by atoms with van der Waals surface area (Å²) in [6.45, 7) is 0.375. The van der Waals surface area contributed by atoms with E-state index in [2.05, 4.69) is 20.3 Å². The van der Waals surface area contributed by atoms with Crippen molar-refractivity contribution in [2.75, 3.05) is 36.6 Å². The number of thioether (sulfide) groups is 1. The first kappa shape index (κ1) is 16.8. The van der Waals surface area contributed by atoms with E-state index in [-0.39, 0.29) is 25.6 Å². The first-order valence-electron chi connectivity index (χ1n) is 6.97. The number of aliphatic hydroxyl groups excluding tert-OH is 1. The van der Waals surface area contributed by atoms with Crippen molar-refractivity contribution in [2.45, 2.75) is 18.4 Å². The lowest BCUT2D eigenvalue weighted by atomic mass is 9.96. The Labute approximate surface area is 131 Å². The van der Waals surface area contributed by atoms with Crippen LogP contribution in [0.5, 0.6) is 0 Å². The van der Waals surface area contributed by atoms with Crippen LogP contribution >= 0.6 is 11.8 Å². The number of hydrogen-bond acceptors (Lipinski definition) is 7. The fourth-order valence-electron chi connectivity index (χ4n) is 2.15. The number of anilines is 1. The van der Waals surface area contributed by atoms with Gasteiger partial charge in [0.05, 0.1) is 18.8 Å². The number of aromatic nitrogens is 1. The molecule has 0 atom stereocenters. The lowest BCUT2D eigenvalue weighted by Crippen LogP contribution is -2.50. The molecule has 1 fully saturated rings. The average Bonchev–Trinajstić information content (AvgIpc) is 3.04. The van der Waals surface area contributed by atoms with Gasteiger partial charge >= 0.3 is 11.8 Å². The number of nitrogens with one attached hydrogen (secondary N) is 2. The SMILES string of the molecule is O=C(NCC1(OCCO)CCSCC1)C(=O)Nc1ccon1. The van der Waals surface area contributed by atoms with Crippen LogP contribution < -0.4 is 10.6 Å². The third-order valence-corrected chi connectivity index (χ3v) is 4.35. The van der Waals surface area contributed by atoms with Crippen molar-refractivity contribution in [1.29, 1.82) is 0 Å². The predicted octanol–water partition coefficient (Wildman–Crippen LogP) is 0.00400. The van der Waals surface area contributed by atoms with Crippen molar-refractivity contribution in [3.8, 4) is 0 Å². The number of aliphatic hydroxyl groups is 1. The van der Waals surface area contributed by atoms with Gasteiger partial charge in [0.1, 0.15) is 6.26 Å². The highest BCUT2D eigenvalue weighted by molar-refractivity contribution is 7.99. The highest BCUT2D eigenvalue weighted by atomic mass is 32.2. The van der Waals surface area contributed by atoms with Crippen LogP contribution in [0.3, 0.4) is 0 Å². The minimum Gasteiger partial charge on any atom is -0.394 e. The minimum atomic E-state index is -0.809. The van der Waals surface area contributed by atoms with E-state index in [9.17, 15) is 9.59 Å². The van der Waals surface area contributed by atoms with Crippen molar-refractivity contribution >= 4 is 29.4 Å². The Morgan fingerprint density at radius 3 is 2.82 bits per heavy atom. The Morgan fingerprint density at radius 2 is 2.18 bits per heavy atom. The maximum atomic E-state index is 11.8. The summed E-state index contributed by atoms with van der Waals surface area (Å²) in [7, 11) is 0. The molecule has 0 aliphatic carbocycles. The van der Waals surface area contributed by atoms with Crippen LogP contribution in [0.1, 0.15) is 12.8 Å². The molecule has 0 radical (unpaired) electrons. The molecule has 0 bridgehead atoms. The molecule has 2 rings (SSSR count). The Kier molecular flexibility index (Phi) is 6.22. The standard InChI is InChI=1S/C13H19N3O5S/c17-4-6-20-13(2-7-22-8-3-13)9-14-11(18)12(19)15-10-1-5-21-16-10/h1,5,17H,2-4,6-9H2,(H,14,18)(H,15,16,19). The Bertz CT molecular complexity index is 488. The summed E-state index contributed by atoms with van der Waals surface area (Å²) in [5, 5.41) is 17.3. The van der Waals surface area contributed by atoms with Gasteiger partial charge in [-0.25, -0.2) is 0 Å². The van der Waals surface area contributed by atoms with E-state index >= 15 is 0 Å².